The molecule has 1 aromatic rings. The van der Waals surface area contributed by atoms with Gasteiger partial charge in [0.05, 0.1) is 12.2 Å². The second kappa shape index (κ2) is 3.42. The van der Waals surface area contributed by atoms with Gasteiger partial charge in [0.1, 0.15) is 11.5 Å². The van der Waals surface area contributed by atoms with E-state index in [4.69, 9.17) is 4.74 Å². The molecule has 0 spiro atoms. The van der Waals surface area contributed by atoms with Crippen LogP contribution in [0.1, 0.15) is 12.0 Å². The lowest BCUT2D eigenvalue weighted by Crippen LogP contribution is -1.95. The fourth-order valence-corrected chi connectivity index (χ4v) is 1.64. The van der Waals surface area contributed by atoms with Gasteiger partial charge in [-0.2, -0.15) is 0 Å². The van der Waals surface area contributed by atoms with Crippen molar-refractivity contribution in [2.45, 2.75) is 6.42 Å². The van der Waals surface area contributed by atoms with Crippen LogP contribution in [0.15, 0.2) is 28.7 Å². The zero-order chi connectivity index (χ0) is 9.26. The second-order valence-electron chi connectivity index (χ2n) is 2.87. The van der Waals surface area contributed by atoms with E-state index in [0.717, 1.165) is 22.2 Å². The summed E-state index contributed by atoms with van der Waals surface area (Å²) in [6.45, 7) is 0.619. The van der Waals surface area contributed by atoms with Gasteiger partial charge in [-0.3, -0.25) is 0 Å². The van der Waals surface area contributed by atoms with E-state index in [9.17, 15) is 5.11 Å². The molecular weight excluding hydrogens is 232 g/mol. The molecule has 1 aliphatic rings. The molecule has 3 heteroatoms. The smallest absolute Gasteiger partial charge is 0.131 e. The van der Waals surface area contributed by atoms with Crippen LogP contribution in [0.3, 0.4) is 0 Å². The number of aliphatic hydroxyl groups excluding tert-OH is 1. The number of hydrogen-bond donors (Lipinski definition) is 1. The molecule has 1 aliphatic heterocycles. The number of rotatable bonds is 0. The summed E-state index contributed by atoms with van der Waals surface area (Å²) < 4.78 is 6.42. The van der Waals surface area contributed by atoms with E-state index in [-0.39, 0.29) is 0 Å². The van der Waals surface area contributed by atoms with E-state index in [1.165, 1.54) is 0 Å². The summed E-state index contributed by atoms with van der Waals surface area (Å²) >= 11 is 3.35. The monoisotopic (exact) mass is 240 g/mol. The van der Waals surface area contributed by atoms with Gasteiger partial charge in [0.15, 0.2) is 0 Å². The molecule has 2 rings (SSSR count). The van der Waals surface area contributed by atoms with Gasteiger partial charge in [0, 0.05) is 10.9 Å². The molecule has 0 radical (unpaired) electrons. The molecule has 0 unspecified atom stereocenters. The summed E-state index contributed by atoms with van der Waals surface area (Å²) in [4.78, 5) is 0. The molecule has 2 nitrogen and oxygen atoms in total. The maximum Gasteiger partial charge on any atom is 0.131 e. The minimum Gasteiger partial charge on any atom is -0.508 e. The highest BCUT2D eigenvalue weighted by Crippen LogP contribution is 2.30. The molecule has 0 amide bonds. The number of aliphatic hydroxyl groups is 1. The normalized spacial score (nSPS) is 15.3. The lowest BCUT2D eigenvalue weighted by atomic mass is 10.1. The van der Waals surface area contributed by atoms with Crippen LogP contribution in [0.2, 0.25) is 0 Å². The van der Waals surface area contributed by atoms with Crippen LogP contribution in [0, 0.1) is 0 Å². The summed E-state index contributed by atoms with van der Waals surface area (Å²) in [6.07, 6.45) is 2.53. The molecule has 1 heterocycles. The summed E-state index contributed by atoms with van der Waals surface area (Å²) in [7, 11) is 0. The lowest BCUT2D eigenvalue weighted by Gasteiger charge is -2.07. The van der Waals surface area contributed by atoms with Crippen molar-refractivity contribution in [2.24, 2.45) is 0 Å². The molecule has 0 aliphatic carbocycles. The van der Waals surface area contributed by atoms with Gasteiger partial charge in [-0.15, -0.1) is 0 Å². The third kappa shape index (κ3) is 1.70. The Labute approximate surface area is 85.0 Å². The molecule has 0 saturated carbocycles. The van der Waals surface area contributed by atoms with E-state index in [2.05, 4.69) is 15.9 Å². The Kier molecular flexibility index (Phi) is 2.27. The second-order valence-corrected chi connectivity index (χ2v) is 3.78. The van der Waals surface area contributed by atoms with Crippen LogP contribution in [0.5, 0.6) is 5.75 Å². The molecule has 1 aromatic carbocycles. The predicted molar refractivity (Wildman–Crippen MR) is 54.9 cm³/mol. The van der Waals surface area contributed by atoms with Crippen LogP contribution in [-0.4, -0.2) is 11.7 Å². The van der Waals surface area contributed by atoms with Gasteiger partial charge in [0.2, 0.25) is 0 Å². The van der Waals surface area contributed by atoms with Crippen LogP contribution < -0.4 is 4.74 Å². The predicted octanol–water partition coefficient (Wildman–Crippen LogP) is 3.13. The van der Waals surface area contributed by atoms with Crippen LogP contribution in [-0.2, 0) is 0 Å². The summed E-state index contributed by atoms with van der Waals surface area (Å²) in [5.74, 6) is 1.04. The highest BCUT2D eigenvalue weighted by atomic mass is 79.9. The number of benzene rings is 1. The first-order chi connectivity index (χ1) is 6.27. The Morgan fingerprint density at radius 1 is 1.38 bits per heavy atom. The third-order valence-corrected chi connectivity index (χ3v) is 2.43. The standard InChI is InChI=1S/C10H9BrO2/c11-7-3-4-8-9(12)2-1-5-13-10(8)6-7/h2-4,6,12H,1,5H2. The minimum absolute atomic E-state index is 0.306. The number of hydrogen-bond acceptors (Lipinski definition) is 2. The van der Waals surface area contributed by atoms with Crippen molar-refractivity contribution in [3.8, 4) is 5.75 Å². The number of halogens is 1. The molecule has 1 N–H and O–H groups in total. The number of fused-ring (bicyclic) bond motifs is 1. The fraction of sp³-hybridized carbons (Fsp3) is 0.200. The van der Waals surface area contributed by atoms with Crippen molar-refractivity contribution in [2.75, 3.05) is 6.61 Å². The Balaban J connectivity index is 2.52. The maximum absolute atomic E-state index is 9.60. The Bertz CT molecular complexity index is 358. The first-order valence-corrected chi connectivity index (χ1v) is 4.88. The Hall–Kier alpha value is -0.960. The van der Waals surface area contributed by atoms with Crippen molar-refractivity contribution in [1.82, 2.24) is 0 Å². The van der Waals surface area contributed by atoms with Gasteiger partial charge in [-0.25, -0.2) is 0 Å². The zero-order valence-corrected chi connectivity index (χ0v) is 8.54. The van der Waals surface area contributed by atoms with E-state index in [1.54, 1.807) is 6.08 Å². The Morgan fingerprint density at radius 2 is 2.23 bits per heavy atom. The average Bonchev–Trinajstić information content (AvgIpc) is 2.28. The van der Waals surface area contributed by atoms with Crippen molar-refractivity contribution in [1.29, 1.82) is 0 Å². The van der Waals surface area contributed by atoms with Crippen molar-refractivity contribution in [3.05, 3.63) is 34.3 Å². The summed E-state index contributed by atoms with van der Waals surface area (Å²) in [6, 6.07) is 5.60. The van der Waals surface area contributed by atoms with Gasteiger partial charge in [-0.05, 0) is 24.3 Å². The van der Waals surface area contributed by atoms with Crippen molar-refractivity contribution in [3.63, 3.8) is 0 Å². The van der Waals surface area contributed by atoms with Crippen LogP contribution in [0.25, 0.3) is 5.76 Å². The molecule has 0 aromatic heterocycles. The minimum atomic E-state index is 0.306. The van der Waals surface area contributed by atoms with E-state index in [0.29, 0.717) is 12.4 Å². The van der Waals surface area contributed by atoms with Gasteiger partial charge >= 0.3 is 0 Å². The average molecular weight is 241 g/mol. The number of ether oxygens (including phenoxy) is 1. The quantitative estimate of drug-likeness (QED) is 0.756. The van der Waals surface area contributed by atoms with Gasteiger partial charge in [-0.1, -0.05) is 15.9 Å². The first kappa shape index (κ1) is 8.63. The molecule has 0 saturated heterocycles. The molecule has 0 bridgehead atoms. The molecule has 68 valence electrons. The largest absolute Gasteiger partial charge is 0.508 e. The van der Waals surface area contributed by atoms with E-state index in [1.807, 2.05) is 18.2 Å². The van der Waals surface area contributed by atoms with Crippen LogP contribution >= 0.6 is 15.9 Å². The Morgan fingerprint density at radius 3 is 3.08 bits per heavy atom. The first-order valence-electron chi connectivity index (χ1n) is 4.09. The van der Waals surface area contributed by atoms with Gasteiger partial charge < -0.3 is 9.84 Å². The molecule has 13 heavy (non-hydrogen) atoms. The van der Waals surface area contributed by atoms with Crippen molar-refractivity contribution < 1.29 is 9.84 Å². The van der Waals surface area contributed by atoms with E-state index >= 15 is 0 Å². The van der Waals surface area contributed by atoms with Crippen molar-refractivity contribution >= 4 is 21.7 Å². The van der Waals surface area contributed by atoms with E-state index < -0.39 is 0 Å². The summed E-state index contributed by atoms with van der Waals surface area (Å²) in [5.41, 5.74) is 0.765. The maximum atomic E-state index is 9.60. The zero-order valence-electron chi connectivity index (χ0n) is 6.96. The third-order valence-electron chi connectivity index (χ3n) is 1.93. The fourth-order valence-electron chi connectivity index (χ4n) is 1.30. The summed E-state index contributed by atoms with van der Waals surface area (Å²) in [5, 5.41) is 9.60. The highest BCUT2D eigenvalue weighted by molar-refractivity contribution is 9.10. The molecule has 0 atom stereocenters. The SMILES string of the molecule is OC1=CCCOc2cc(Br)ccc21. The lowest BCUT2D eigenvalue weighted by molar-refractivity contribution is 0.326. The van der Waals surface area contributed by atoms with Gasteiger partial charge in [0.25, 0.3) is 0 Å². The molecule has 0 fully saturated rings. The topological polar surface area (TPSA) is 29.5 Å². The highest BCUT2D eigenvalue weighted by Gasteiger charge is 2.11. The van der Waals surface area contributed by atoms with Crippen LogP contribution in [0.4, 0.5) is 0 Å². The molecular formula is C10H9BrO2.